The van der Waals surface area contributed by atoms with Crippen LogP contribution in [0, 0.1) is 5.92 Å². The van der Waals surface area contributed by atoms with E-state index in [1.807, 2.05) is 12.1 Å². The lowest BCUT2D eigenvalue weighted by atomic mass is 9.78. The number of halogens is 2. The number of amides is 2. The van der Waals surface area contributed by atoms with E-state index < -0.39 is 12.0 Å². The lowest BCUT2D eigenvalue weighted by molar-refractivity contribution is -0.126. The monoisotopic (exact) mass is 487 g/mol. The van der Waals surface area contributed by atoms with Crippen LogP contribution in [0.15, 0.2) is 30.5 Å². The summed E-state index contributed by atoms with van der Waals surface area (Å²) in [6.07, 6.45) is 4.72. The molecule has 4 atom stereocenters. The molecule has 35 heavy (non-hydrogen) atoms. The highest BCUT2D eigenvalue weighted by molar-refractivity contribution is 6.01. The molecule has 2 aliphatic heterocycles. The number of allylic oxidation sites excluding steroid dienone is 1. The largest absolute Gasteiger partial charge is 0.393 e. The number of hydrogen-bond donors (Lipinski definition) is 3. The summed E-state index contributed by atoms with van der Waals surface area (Å²) in [6.45, 7) is 4.24. The van der Waals surface area contributed by atoms with Crippen LogP contribution in [0.4, 0.5) is 8.78 Å². The van der Waals surface area contributed by atoms with Crippen LogP contribution < -0.4 is 10.6 Å². The average molecular weight is 488 g/mol. The van der Waals surface area contributed by atoms with Gasteiger partial charge in [0.1, 0.15) is 6.04 Å². The zero-order valence-electron chi connectivity index (χ0n) is 20.1. The molecule has 6 nitrogen and oxygen atoms in total. The lowest BCUT2D eigenvalue weighted by Crippen LogP contribution is -2.49. The van der Waals surface area contributed by atoms with Gasteiger partial charge in [0.2, 0.25) is 11.8 Å². The smallest absolute Gasteiger partial charge is 0.255 e. The van der Waals surface area contributed by atoms with Gasteiger partial charge in [-0.3, -0.25) is 9.59 Å². The van der Waals surface area contributed by atoms with Gasteiger partial charge in [-0.15, -0.1) is 0 Å². The zero-order valence-corrected chi connectivity index (χ0v) is 20.1. The number of aliphatic hydroxyl groups excluding tert-OH is 1. The van der Waals surface area contributed by atoms with Crippen molar-refractivity contribution in [2.75, 3.05) is 0 Å². The van der Waals surface area contributed by atoms with Crippen LogP contribution in [0.3, 0.4) is 0 Å². The van der Waals surface area contributed by atoms with Crippen molar-refractivity contribution < 1.29 is 23.5 Å². The Morgan fingerprint density at radius 1 is 1.14 bits per heavy atom. The molecule has 2 amide bonds. The summed E-state index contributed by atoms with van der Waals surface area (Å²) in [5.74, 6) is -2.53. The Bertz CT molecular complexity index is 1000. The Balaban J connectivity index is 1.25. The molecule has 0 radical (unpaired) electrons. The van der Waals surface area contributed by atoms with Crippen molar-refractivity contribution in [3.8, 4) is 0 Å². The van der Waals surface area contributed by atoms with Gasteiger partial charge in [0.15, 0.2) is 0 Å². The number of nitrogens with zero attached hydrogens (tertiary/aromatic N) is 1. The molecule has 3 N–H and O–H groups in total. The standard InChI is InChI=1S/C27H35F2N3O3/c1-16-2-7-24(25(34)30-16)32-15-19-13-17(3-6-22(19)26(32)35)12-18-4-5-21(33)14-23(18)31-20-8-10-27(28,29)11-9-20/h3,6,13,18,20-21,23-24,31,33H,1-2,4-5,7-12,14-15H2,(H,30,34)/t18-,21+,23+,24?/m1/s1. The maximum atomic E-state index is 13.6. The van der Waals surface area contributed by atoms with Crippen molar-refractivity contribution in [3.63, 3.8) is 0 Å². The van der Waals surface area contributed by atoms with Gasteiger partial charge in [0.25, 0.3) is 5.91 Å². The van der Waals surface area contributed by atoms with E-state index in [2.05, 4.69) is 23.3 Å². The minimum absolute atomic E-state index is 0.0661. The molecule has 0 bridgehead atoms. The Labute approximate surface area is 205 Å². The number of alkyl halides is 2. The van der Waals surface area contributed by atoms with Crippen molar-refractivity contribution in [2.24, 2.45) is 5.92 Å². The third kappa shape index (κ3) is 5.28. The molecule has 4 aliphatic rings. The molecule has 1 saturated heterocycles. The second-order valence-electron chi connectivity index (χ2n) is 10.9. The van der Waals surface area contributed by atoms with Gasteiger partial charge in [-0.25, -0.2) is 8.78 Å². The summed E-state index contributed by atoms with van der Waals surface area (Å²) >= 11 is 0. The molecular weight excluding hydrogens is 452 g/mol. The van der Waals surface area contributed by atoms with Crippen LogP contribution in [0.1, 0.15) is 79.3 Å². The molecule has 2 saturated carbocycles. The van der Waals surface area contributed by atoms with E-state index in [9.17, 15) is 23.5 Å². The van der Waals surface area contributed by atoms with Gasteiger partial charge in [-0.1, -0.05) is 18.7 Å². The van der Waals surface area contributed by atoms with Crippen molar-refractivity contribution in [2.45, 2.75) is 101 Å². The molecule has 2 heterocycles. The first-order valence-corrected chi connectivity index (χ1v) is 12.9. The number of nitrogens with one attached hydrogen (secondary N) is 2. The molecule has 0 aromatic heterocycles. The first kappa shape index (κ1) is 24.4. The van der Waals surface area contributed by atoms with E-state index in [-0.39, 0.29) is 42.8 Å². The van der Waals surface area contributed by atoms with Crippen molar-refractivity contribution in [1.82, 2.24) is 15.5 Å². The van der Waals surface area contributed by atoms with Gasteiger partial charge in [0, 0.05) is 42.7 Å². The molecule has 1 aromatic rings. The summed E-state index contributed by atoms with van der Waals surface area (Å²) in [6, 6.07) is 5.62. The number of fused-ring (bicyclic) bond motifs is 1. The Kier molecular flexibility index (Phi) is 6.70. The van der Waals surface area contributed by atoms with Crippen LogP contribution >= 0.6 is 0 Å². The topological polar surface area (TPSA) is 81.7 Å². The molecule has 2 aliphatic carbocycles. The minimum atomic E-state index is -2.55. The number of carbonyl (C=O) groups is 2. The van der Waals surface area contributed by atoms with Crippen LogP contribution in [-0.4, -0.2) is 52.0 Å². The molecule has 5 rings (SSSR count). The summed E-state index contributed by atoms with van der Waals surface area (Å²) in [7, 11) is 0. The van der Waals surface area contributed by atoms with E-state index in [0.29, 0.717) is 55.8 Å². The molecule has 0 spiro atoms. The fraction of sp³-hybridized carbons (Fsp3) is 0.630. The van der Waals surface area contributed by atoms with E-state index in [0.717, 1.165) is 30.4 Å². The fourth-order valence-corrected chi connectivity index (χ4v) is 6.31. The lowest BCUT2D eigenvalue weighted by Gasteiger charge is -2.39. The minimum Gasteiger partial charge on any atom is -0.393 e. The normalized spacial score (nSPS) is 31.4. The predicted octanol–water partition coefficient (Wildman–Crippen LogP) is 3.67. The summed E-state index contributed by atoms with van der Waals surface area (Å²) in [4.78, 5) is 27.1. The summed E-state index contributed by atoms with van der Waals surface area (Å²) in [5.41, 5.74) is 3.42. The quantitative estimate of drug-likeness (QED) is 0.592. The predicted molar refractivity (Wildman–Crippen MR) is 128 cm³/mol. The fourth-order valence-electron chi connectivity index (χ4n) is 6.31. The van der Waals surface area contributed by atoms with Gasteiger partial charge >= 0.3 is 0 Å². The zero-order chi connectivity index (χ0) is 24.7. The molecular formula is C27H35F2N3O3. The van der Waals surface area contributed by atoms with E-state index in [4.69, 9.17) is 0 Å². The van der Waals surface area contributed by atoms with Crippen molar-refractivity contribution in [3.05, 3.63) is 47.2 Å². The third-order valence-electron chi connectivity index (χ3n) is 8.33. The SMILES string of the molecule is C=C1CCC(N2Cc3cc(C[C@H]4CC[C@H](O)C[C@@H]4NC4CCC(F)(F)CC4)ccc3C2=O)C(=O)N1. The van der Waals surface area contributed by atoms with Crippen molar-refractivity contribution in [1.29, 1.82) is 0 Å². The van der Waals surface area contributed by atoms with E-state index >= 15 is 0 Å². The number of benzene rings is 1. The maximum Gasteiger partial charge on any atom is 0.255 e. The first-order chi connectivity index (χ1) is 16.7. The number of carbonyl (C=O) groups excluding carboxylic acids is 2. The van der Waals surface area contributed by atoms with Gasteiger partial charge in [0.05, 0.1) is 6.10 Å². The highest BCUT2D eigenvalue weighted by atomic mass is 19.3. The number of piperidine rings is 1. The maximum absolute atomic E-state index is 13.6. The van der Waals surface area contributed by atoms with E-state index in [1.165, 1.54) is 0 Å². The summed E-state index contributed by atoms with van der Waals surface area (Å²) < 4.78 is 27.2. The average Bonchev–Trinajstić information content (AvgIpc) is 3.12. The number of rotatable bonds is 5. The second kappa shape index (κ2) is 9.62. The Hall–Kier alpha value is -2.32. The first-order valence-electron chi connectivity index (χ1n) is 12.9. The van der Waals surface area contributed by atoms with Crippen LogP contribution in [0.2, 0.25) is 0 Å². The summed E-state index contributed by atoms with van der Waals surface area (Å²) in [5, 5.41) is 16.7. The highest BCUT2D eigenvalue weighted by Gasteiger charge is 2.39. The molecule has 8 heteroatoms. The highest BCUT2D eigenvalue weighted by Crippen LogP contribution is 2.36. The number of hydrogen-bond acceptors (Lipinski definition) is 4. The Morgan fingerprint density at radius 3 is 2.66 bits per heavy atom. The second-order valence-corrected chi connectivity index (χ2v) is 10.9. The molecule has 1 aromatic carbocycles. The van der Waals surface area contributed by atoms with Crippen molar-refractivity contribution >= 4 is 11.8 Å². The van der Waals surface area contributed by atoms with Crippen LogP contribution in [0.5, 0.6) is 0 Å². The molecule has 190 valence electrons. The van der Waals surface area contributed by atoms with Gasteiger partial charge in [-0.05, 0) is 74.5 Å². The number of aliphatic hydroxyl groups is 1. The van der Waals surface area contributed by atoms with Crippen LogP contribution in [-0.2, 0) is 17.8 Å². The molecule has 1 unspecified atom stereocenters. The Morgan fingerprint density at radius 2 is 1.91 bits per heavy atom. The van der Waals surface area contributed by atoms with Gasteiger partial charge < -0.3 is 20.6 Å². The van der Waals surface area contributed by atoms with E-state index in [1.54, 1.807) is 4.90 Å². The van der Waals surface area contributed by atoms with Crippen LogP contribution in [0.25, 0.3) is 0 Å². The third-order valence-corrected chi connectivity index (χ3v) is 8.33. The van der Waals surface area contributed by atoms with Gasteiger partial charge in [-0.2, -0.15) is 0 Å². The molecule has 3 fully saturated rings.